The van der Waals surface area contributed by atoms with E-state index in [0.717, 1.165) is 25.7 Å². The van der Waals surface area contributed by atoms with Gasteiger partial charge in [0.05, 0.1) is 19.1 Å². The average molecular weight is 481 g/mol. The molecule has 0 unspecified atom stereocenters. The predicted molar refractivity (Wildman–Crippen MR) is 133 cm³/mol. The van der Waals surface area contributed by atoms with E-state index in [1.807, 2.05) is 30.3 Å². The fourth-order valence-corrected chi connectivity index (χ4v) is 5.75. The first-order chi connectivity index (χ1) is 15.7. The molecular formula is C23H20N4O2S3. The Labute approximate surface area is 198 Å². The van der Waals surface area contributed by atoms with Gasteiger partial charge in [-0.2, -0.15) is 5.10 Å². The summed E-state index contributed by atoms with van der Waals surface area (Å²) in [7, 11) is 1.61. The van der Waals surface area contributed by atoms with Crippen LogP contribution in [0.3, 0.4) is 0 Å². The van der Waals surface area contributed by atoms with Crippen LogP contribution in [0.4, 0.5) is 0 Å². The predicted octanol–water partition coefficient (Wildman–Crippen LogP) is 5.23. The number of fused-ring (bicyclic) bond motifs is 1. The number of ether oxygens (including phenoxy) is 1. The van der Waals surface area contributed by atoms with Gasteiger partial charge in [-0.15, -0.1) is 10.2 Å². The SMILES string of the molecule is COc1cccc(/C=N\NC(=O)CSc2nnc(SCc3cccc4ccccc34)s2)c1. The lowest BCUT2D eigenvalue weighted by molar-refractivity contribution is -0.118. The molecule has 1 aromatic heterocycles. The molecule has 162 valence electrons. The number of aromatic nitrogens is 2. The summed E-state index contributed by atoms with van der Waals surface area (Å²) in [5.74, 6) is 1.58. The molecule has 0 aliphatic carbocycles. The molecule has 4 rings (SSSR count). The number of amides is 1. The van der Waals surface area contributed by atoms with Crippen molar-refractivity contribution >= 4 is 57.8 Å². The van der Waals surface area contributed by atoms with Crippen LogP contribution < -0.4 is 10.2 Å². The zero-order chi connectivity index (χ0) is 22.2. The number of rotatable bonds is 9. The minimum Gasteiger partial charge on any atom is -0.497 e. The molecule has 9 heteroatoms. The van der Waals surface area contributed by atoms with Gasteiger partial charge in [-0.1, -0.05) is 89.5 Å². The molecule has 0 spiro atoms. The number of nitrogens with one attached hydrogen (secondary N) is 1. The largest absolute Gasteiger partial charge is 0.497 e. The summed E-state index contributed by atoms with van der Waals surface area (Å²) in [5, 5.41) is 14.9. The Morgan fingerprint density at radius 2 is 1.84 bits per heavy atom. The van der Waals surface area contributed by atoms with E-state index in [4.69, 9.17) is 4.74 Å². The van der Waals surface area contributed by atoms with Crippen molar-refractivity contribution in [2.45, 2.75) is 14.4 Å². The van der Waals surface area contributed by atoms with Gasteiger partial charge in [0.25, 0.3) is 5.91 Å². The van der Waals surface area contributed by atoms with Crippen molar-refractivity contribution in [1.29, 1.82) is 0 Å². The average Bonchev–Trinajstić information content (AvgIpc) is 3.29. The molecule has 0 aliphatic heterocycles. The van der Waals surface area contributed by atoms with Gasteiger partial charge in [0.15, 0.2) is 8.68 Å². The number of thioether (sulfide) groups is 2. The molecule has 32 heavy (non-hydrogen) atoms. The number of hydrogen-bond acceptors (Lipinski definition) is 8. The van der Waals surface area contributed by atoms with E-state index in [1.54, 1.807) is 25.1 Å². The lowest BCUT2D eigenvalue weighted by atomic mass is 10.1. The topological polar surface area (TPSA) is 76.5 Å². The monoisotopic (exact) mass is 480 g/mol. The van der Waals surface area contributed by atoms with Crippen LogP contribution in [0.2, 0.25) is 0 Å². The minimum atomic E-state index is -0.200. The van der Waals surface area contributed by atoms with E-state index >= 15 is 0 Å². The zero-order valence-electron chi connectivity index (χ0n) is 17.2. The second-order valence-electron chi connectivity index (χ2n) is 6.62. The van der Waals surface area contributed by atoms with E-state index in [1.165, 1.54) is 39.4 Å². The number of benzene rings is 3. The van der Waals surface area contributed by atoms with E-state index < -0.39 is 0 Å². The van der Waals surface area contributed by atoms with E-state index in [-0.39, 0.29) is 11.7 Å². The summed E-state index contributed by atoms with van der Waals surface area (Å²) in [4.78, 5) is 12.1. The quantitative estimate of drug-likeness (QED) is 0.201. The number of hydrazone groups is 1. The second kappa shape index (κ2) is 11.1. The number of hydrogen-bond donors (Lipinski definition) is 1. The van der Waals surface area contributed by atoms with Crippen molar-refractivity contribution < 1.29 is 9.53 Å². The van der Waals surface area contributed by atoms with E-state index in [0.29, 0.717) is 0 Å². The molecular weight excluding hydrogens is 460 g/mol. The summed E-state index contributed by atoms with van der Waals surface area (Å²) in [6.07, 6.45) is 1.58. The highest BCUT2D eigenvalue weighted by Gasteiger charge is 2.09. The minimum absolute atomic E-state index is 0.200. The molecule has 4 aromatic rings. The molecule has 0 radical (unpaired) electrons. The van der Waals surface area contributed by atoms with Gasteiger partial charge in [0.2, 0.25) is 0 Å². The maximum atomic E-state index is 12.1. The van der Waals surface area contributed by atoms with Crippen LogP contribution in [-0.4, -0.2) is 35.2 Å². The molecule has 0 saturated carbocycles. The van der Waals surface area contributed by atoms with Crippen molar-refractivity contribution in [3.8, 4) is 5.75 Å². The third kappa shape index (κ3) is 6.09. The molecule has 1 N–H and O–H groups in total. The molecule has 6 nitrogen and oxygen atoms in total. The van der Waals surface area contributed by atoms with Crippen molar-refractivity contribution in [2.75, 3.05) is 12.9 Å². The summed E-state index contributed by atoms with van der Waals surface area (Å²) in [6, 6.07) is 22.1. The number of nitrogens with zero attached hydrogens (tertiary/aromatic N) is 3. The first kappa shape index (κ1) is 22.3. The van der Waals surface area contributed by atoms with Crippen LogP contribution in [0.25, 0.3) is 10.8 Å². The third-order valence-corrected chi connectivity index (χ3v) is 7.68. The van der Waals surface area contributed by atoms with Gasteiger partial charge in [-0.05, 0) is 34.0 Å². The maximum absolute atomic E-state index is 12.1. The highest BCUT2D eigenvalue weighted by Crippen LogP contribution is 2.32. The summed E-state index contributed by atoms with van der Waals surface area (Å²) < 4.78 is 6.81. The van der Waals surface area contributed by atoms with Gasteiger partial charge < -0.3 is 4.74 Å². The van der Waals surface area contributed by atoms with Crippen molar-refractivity contribution in [1.82, 2.24) is 15.6 Å². The summed E-state index contributed by atoms with van der Waals surface area (Å²) >= 11 is 4.50. The van der Waals surface area contributed by atoms with Crippen LogP contribution in [0.15, 0.2) is 80.5 Å². The molecule has 0 aliphatic rings. The Morgan fingerprint density at radius 1 is 1.06 bits per heavy atom. The number of carbonyl (C=O) groups excluding carboxylic acids is 1. The Balaban J connectivity index is 1.25. The zero-order valence-corrected chi connectivity index (χ0v) is 19.7. The normalized spacial score (nSPS) is 11.2. The molecule has 0 atom stereocenters. The molecule has 0 fully saturated rings. The fraction of sp³-hybridized carbons (Fsp3) is 0.130. The van der Waals surface area contributed by atoms with Gasteiger partial charge in [0.1, 0.15) is 5.75 Å². The molecule has 1 heterocycles. The molecule has 0 saturated heterocycles. The van der Waals surface area contributed by atoms with Crippen molar-refractivity contribution in [3.05, 3.63) is 77.9 Å². The smallest absolute Gasteiger partial charge is 0.250 e. The second-order valence-corrected chi connectivity index (χ2v) is 10.0. The van der Waals surface area contributed by atoms with Crippen molar-refractivity contribution in [3.63, 3.8) is 0 Å². The van der Waals surface area contributed by atoms with Crippen LogP contribution in [0.1, 0.15) is 11.1 Å². The summed E-state index contributed by atoms with van der Waals surface area (Å²) in [5.41, 5.74) is 4.64. The van der Waals surface area contributed by atoms with Crippen LogP contribution in [-0.2, 0) is 10.5 Å². The van der Waals surface area contributed by atoms with E-state index in [2.05, 4.69) is 57.1 Å². The third-order valence-electron chi connectivity index (χ3n) is 4.44. The van der Waals surface area contributed by atoms with Crippen LogP contribution >= 0.6 is 34.9 Å². The van der Waals surface area contributed by atoms with E-state index in [9.17, 15) is 4.79 Å². The Kier molecular flexibility index (Phi) is 7.76. The summed E-state index contributed by atoms with van der Waals surface area (Å²) in [6.45, 7) is 0. The standard InChI is InChI=1S/C23H20N4O2S3/c1-29-19-10-4-6-16(12-19)13-24-25-21(28)15-31-23-27-26-22(32-23)30-14-18-9-5-8-17-7-2-3-11-20(17)18/h2-13H,14-15H2,1H3,(H,25,28)/b24-13-. The maximum Gasteiger partial charge on any atom is 0.250 e. The van der Waals surface area contributed by atoms with Crippen molar-refractivity contribution in [2.24, 2.45) is 5.10 Å². The Bertz CT molecular complexity index is 1240. The number of methoxy groups -OCH3 is 1. The molecule has 1 amide bonds. The van der Waals surface area contributed by atoms with Gasteiger partial charge in [-0.25, -0.2) is 5.43 Å². The first-order valence-corrected chi connectivity index (χ1v) is 12.5. The highest BCUT2D eigenvalue weighted by molar-refractivity contribution is 8.03. The van der Waals surface area contributed by atoms with Crippen LogP contribution in [0, 0.1) is 0 Å². The lowest BCUT2D eigenvalue weighted by Crippen LogP contribution is -2.19. The lowest BCUT2D eigenvalue weighted by Gasteiger charge is -2.04. The van der Waals surface area contributed by atoms with Gasteiger partial charge in [-0.3, -0.25) is 4.79 Å². The fourth-order valence-electron chi connectivity index (χ4n) is 2.93. The highest BCUT2D eigenvalue weighted by atomic mass is 32.2. The molecule has 0 bridgehead atoms. The first-order valence-electron chi connectivity index (χ1n) is 9.73. The molecule has 3 aromatic carbocycles. The Morgan fingerprint density at radius 3 is 2.72 bits per heavy atom. The van der Waals surface area contributed by atoms with Crippen LogP contribution in [0.5, 0.6) is 5.75 Å². The number of carbonyl (C=O) groups is 1. The Hall–Kier alpha value is -2.88. The van der Waals surface area contributed by atoms with Gasteiger partial charge >= 0.3 is 0 Å². The van der Waals surface area contributed by atoms with Gasteiger partial charge in [0, 0.05) is 5.75 Å².